The maximum absolute atomic E-state index is 6.14. The summed E-state index contributed by atoms with van der Waals surface area (Å²) in [5.41, 5.74) is 9.40. The first-order valence-corrected chi connectivity index (χ1v) is 10.4. The lowest BCUT2D eigenvalue weighted by Crippen LogP contribution is -2.10. The molecule has 33 heavy (non-hydrogen) atoms. The Kier molecular flexibility index (Phi) is 6.21. The molecule has 2 aromatic carbocycles. The number of aromatic nitrogens is 4. The maximum Gasteiger partial charge on any atom is 0.203 e. The molecule has 0 radical (unpaired) electrons. The number of rotatable bonds is 8. The average molecular weight is 450 g/mol. The molecule has 0 saturated carbocycles. The van der Waals surface area contributed by atoms with Crippen LogP contribution in [0.3, 0.4) is 0 Å². The zero-order valence-electron chi connectivity index (χ0n) is 19.3. The van der Waals surface area contributed by atoms with Crippen LogP contribution in [0.5, 0.6) is 23.0 Å². The van der Waals surface area contributed by atoms with Gasteiger partial charge in [-0.2, -0.15) is 0 Å². The number of anilines is 1. The van der Waals surface area contributed by atoms with Crippen LogP contribution in [0.15, 0.2) is 42.7 Å². The summed E-state index contributed by atoms with van der Waals surface area (Å²) in [6.45, 7) is 2.62. The van der Waals surface area contributed by atoms with Crippen LogP contribution >= 0.6 is 0 Å². The van der Waals surface area contributed by atoms with Crippen LogP contribution in [0.25, 0.3) is 11.2 Å². The van der Waals surface area contributed by atoms with Crippen molar-refractivity contribution in [3.8, 4) is 23.0 Å². The van der Waals surface area contributed by atoms with E-state index in [0.717, 1.165) is 22.7 Å². The van der Waals surface area contributed by atoms with E-state index in [0.29, 0.717) is 40.8 Å². The van der Waals surface area contributed by atoms with Crippen molar-refractivity contribution >= 4 is 17.0 Å². The number of fused-ring (bicyclic) bond motifs is 1. The second-order valence-electron chi connectivity index (χ2n) is 7.52. The van der Waals surface area contributed by atoms with Gasteiger partial charge in [0.1, 0.15) is 17.9 Å². The predicted octanol–water partition coefficient (Wildman–Crippen LogP) is 3.64. The highest BCUT2D eigenvalue weighted by molar-refractivity contribution is 5.82. The Balaban J connectivity index is 1.84. The molecule has 0 bridgehead atoms. The summed E-state index contributed by atoms with van der Waals surface area (Å²) < 4.78 is 23.9. The van der Waals surface area contributed by atoms with Gasteiger partial charge in [-0.1, -0.05) is 19.1 Å². The molecule has 4 rings (SSSR count). The molecule has 0 fully saturated rings. The number of imidazole rings is 1. The summed E-state index contributed by atoms with van der Waals surface area (Å²) in [7, 11) is 6.43. The third-order valence-electron chi connectivity index (χ3n) is 5.66. The van der Waals surface area contributed by atoms with E-state index in [2.05, 4.69) is 21.5 Å². The lowest BCUT2D eigenvalue weighted by Gasteiger charge is -2.19. The molecule has 4 aromatic rings. The first kappa shape index (κ1) is 22.2. The normalized spacial score (nSPS) is 11.9. The van der Waals surface area contributed by atoms with Gasteiger partial charge in [0.15, 0.2) is 28.5 Å². The van der Waals surface area contributed by atoms with E-state index in [-0.39, 0.29) is 5.92 Å². The van der Waals surface area contributed by atoms with Gasteiger partial charge in [0.05, 0.1) is 35.0 Å². The van der Waals surface area contributed by atoms with E-state index >= 15 is 0 Å². The minimum absolute atomic E-state index is 0.134. The Morgan fingerprint density at radius 3 is 2.15 bits per heavy atom. The van der Waals surface area contributed by atoms with Gasteiger partial charge < -0.3 is 29.2 Å². The summed E-state index contributed by atoms with van der Waals surface area (Å²) >= 11 is 0. The van der Waals surface area contributed by atoms with Crippen molar-refractivity contribution in [2.24, 2.45) is 0 Å². The molecule has 2 aromatic heterocycles. The number of nitrogens with zero attached hydrogens (tertiary/aromatic N) is 4. The first-order valence-electron chi connectivity index (χ1n) is 10.4. The van der Waals surface area contributed by atoms with Crippen LogP contribution in [0.1, 0.15) is 29.8 Å². The summed E-state index contributed by atoms with van der Waals surface area (Å²) in [4.78, 5) is 13.4. The summed E-state index contributed by atoms with van der Waals surface area (Å²) in [6.07, 6.45) is 1.46. The highest BCUT2D eigenvalue weighted by Crippen LogP contribution is 2.41. The van der Waals surface area contributed by atoms with Crippen molar-refractivity contribution in [3.05, 3.63) is 59.7 Å². The summed E-state index contributed by atoms with van der Waals surface area (Å²) in [5, 5.41) is 0. The SMILES string of the molecule is COc1ccc(Cn2c(C(C)c3cc(OC)c(OC)c(OC)c3)nc3c(N)ncnc32)cc1. The summed E-state index contributed by atoms with van der Waals surface area (Å²) in [6, 6.07) is 11.8. The largest absolute Gasteiger partial charge is 0.497 e. The molecule has 9 heteroatoms. The van der Waals surface area contributed by atoms with Gasteiger partial charge >= 0.3 is 0 Å². The molecule has 0 amide bonds. The minimum Gasteiger partial charge on any atom is -0.497 e. The Morgan fingerprint density at radius 2 is 1.58 bits per heavy atom. The molecule has 0 spiro atoms. The van der Waals surface area contributed by atoms with Gasteiger partial charge in [-0.3, -0.25) is 0 Å². The second-order valence-corrected chi connectivity index (χ2v) is 7.52. The minimum atomic E-state index is -0.134. The van der Waals surface area contributed by atoms with Gasteiger partial charge in [0.25, 0.3) is 0 Å². The third-order valence-corrected chi connectivity index (χ3v) is 5.66. The standard InChI is InChI=1S/C24H27N5O4/c1-14(16-10-18(31-3)21(33-5)19(11-16)32-4)23-28-20-22(25)26-13-27-24(20)29(23)12-15-6-8-17(30-2)9-7-15/h6-11,13-14H,12H2,1-5H3,(H2,25,26,27). The topological polar surface area (TPSA) is 107 Å². The molecule has 172 valence electrons. The van der Waals surface area contributed by atoms with Crippen molar-refractivity contribution < 1.29 is 18.9 Å². The van der Waals surface area contributed by atoms with Crippen LogP contribution in [0.4, 0.5) is 5.82 Å². The fourth-order valence-corrected chi connectivity index (χ4v) is 3.87. The van der Waals surface area contributed by atoms with Crippen LogP contribution < -0.4 is 24.7 Å². The van der Waals surface area contributed by atoms with Crippen molar-refractivity contribution in [3.63, 3.8) is 0 Å². The molecular formula is C24H27N5O4. The molecule has 0 saturated heterocycles. The molecule has 0 aliphatic heterocycles. The number of methoxy groups -OCH3 is 4. The van der Waals surface area contributed by atoms with Crippen molar-refractivity contribution in [1.29, 1.82) is 0 Å². The fourth-order valence-electron chi connectivity index (χ4n) is 3.87. The van der Waals surface area contributed by atoms with Gasteiger partial charge in [0.2, 0.25) is 5.75 Å². The Hall–Kier alpha value is -4.01. The third kappa shape index (κ3) is 4.09. The highest BCUT2D eigenvalue weighted by atomic mass is 16.5. The first-order chi connectivity index (χ1) is 16.0. The Labute approximate surface area is 192 Å². The monoisotopic (exact) mass is 449 g/mol. The predicted molar refractivity (Wildman–Crippen MR) is 125 cm³/mol. The number of benzene rings is 2. The van der Waals surface area contributed by atoms with Crippen molar-refractivity contribution in [1.82, 2.24) is 19.5 Å². The lowest BCUT2D eigenvalue weighted by atomic mass is 9.99. The number of hydrogen-bond acceptors (Lipinski definition) is 8. The Bertz CT molecular complexity index is 1250. The summed E-state index contributed by atoms with van der Waals surface area (Å²) in [5.74, 6) is 3.50. The van der Waals surface area contributed by atoms with Crippen LogP contribution in [0.2, 0.25) is 0 Å². The number of nitrogen functional groups attached to an aromatic ring is 1. The fraction of sp³-hybridized carbons (Fsp3) is 0.292. The molecular weight excluding hydrogens is 422 g/mol. The number of hydrogen-bond donors (Lipinski definition) is 1. The molecule has 0 aliphatic rings. The quantitative estimate of drug-likeness (QED) is 0.435. The molecule has 2 N–H and O–H groups in total. The van der Waals surface area contributed by atoms with Gasteiger partial charge in [-0.15, -0.1) is 0 Å². The lowest BCUT2D eigenvalue weighted by molar-refractivity contribution is 0.323. The molecule has 1 unspecified atom stereocenters. The van der Waals surface area contributed by atoms with E-state index in [9.17, 15) is 0 Å². The number of ether oxygens (including phenoxy) is 4. The van der Waals surface area contributed by atoms with Crippen LogP contribution in [-0.4, -0.2) is 48.0 Å². The van der Waals surface area contributed by atoms with E-state index in [4.69, 9.17) is 29.7 Å². The van der Waals surface area contributed by atoms with Gasteiger partial charge in [-0.05, 0) is 35.4 Å². The zero-order valence-corrected chi connectivity index (χ0v) is 19.3. The molecule has 0 aliphatic carbocycles. The van der Waals surface area contributed by atoms with E-state index in [1.165, 1.54) is 6.33 Å². The van der Waals surface area contributed by atoms with E-state index < -0.39 is 0 Å². The van der Waals surface area contributed by atoms with Crippen molar-refractivity contribution in [2.45, 2.75) is 19.4 Å². The zero-order chi connectivity index (χ0) is 23.5. The van der Waals surface area contributed by atoms with Gasteiger partial charge in [-0.25, -0.2) is 15.0 Å². The van der Waals surface area contributed by atoms with Crippen molar-refractivity contribution in [2.75, 3.05) is 34.2 Å². The van der Waals surface area contributed by atoms with Crippen LogP contribution in [0, 0.1) is 0 Å². The maximum atomic E-state index is 6.14. The molecule has 1 atom stereocenters. The van der Waals surface area contributed by atoms with E-state index in [1.807, 2.05) is 36.4 Å². The highest BCUT2D eigenvalue weighted by Gasteiger charge is 2.24. The number of nitrogens with two attached hydrogens (primary N) is 1. The van der Waals surface area contributed by atoms with Crippen LogP contribution in [-0.2, 0) is 6.54 Å². The molecule has 9 nitrogen and oxygen atoms in total. The van der Waals surface area contributed by atoms with Gasteiger partial charge in [0, 0.05) is 5.92 Å². The average Bonchev–Trinajstić information content (AvgIpc) is 3.22. The Morgan fingerprint density at radius 1 is 0.909 bits per heavy atom. The molecule has 2 heterocycles. The smallest absolute Gasteiger partial charge is 0.203 e. The second kappa shape index (κ2) is 9.23. The van der Waals surface area contributed by atoms with E-state index in [1.54, 1.807) is 28.4 Å².